The van der Waals surface area contributed by atoms with E-state index in [9.17, 15) is 13.2 Å². The second-order valence-electron chi connectivity index (χ2n) is 7.33. The normalized spacial score (nSPS) is 16.7. The minimum atomic E-state index is -3.33. The molecule has 2 aromatic carbocycles. The van der Waals surface area contributed by atoms with Gasteiger partial charge in [-0.2, -0.15) is 5.10 Å². The molecule has 8 heteroatoms. The summed E-state index contributed by atoms with van der Waals surface area (Å²) < 4.78 is 30.4. The molecule has 154 valence electrons. The Bertz CT molecular complexity index is 1010. The number of hydrogen-bond acceptors (Lipinski definition) is 5. The average molecular weight is 416 g/mol. The Balaban J connectivity index is 1.89. The van der Waals surface area contributed by atoms with Gasteiger partial charge in [-0.3, -0.25) is 9.52 Å². The molecular formula is C21H25N3O4S. The highest BCUT2D eigenvalue weighted by Gasteiger charge is 2.34. The number of benzene rings is 2. The van der Waals surface area contributed by atoms with Crippen LogP contribution < -0.4 is 9.46 Å². The molecule has 1 aliphatic heterocycles. The molecule has 1 unspecified atom stereocenters. The third-order valence-corrected chi connectivity index (χ3v) is 5.26. The molecule has 7 nitrogen and oxygen atoms in total. The fraction of sp³-hybridized carbons (Fsp3) is 0.333. The van der Waals surface area contributed by atoms with Crippen molar-refractivity contribution in [1.82, 2.24) is 5.01 Å². The minimum Gasteiger partial charge on any atom is -0.497 e. The summed E-state index contributed by atoms with van der Waals surface area (Å²) in [5.41, 5.74) is 3.10. The standard InChI is InChI=1S/C21H25N3O4S/c1-14(2)21(25)24-20(16-7-11-18(28-3)12-8-16)13-19(22-24)15-5-9-17(10-6-15)23-29(4,26)27/h5-12,14,20,23H,13H2,1-4H3. The van der Waals surface area contributed by atoms with E-state index >= 15 is 0 Å². The Labute approximate surface area is 171 Å². The van der Waals surface area contributed by atoms with E-state index in [0.29, 0.717) is 12.1 Å². The number of sulfonamides is 1. The number of carbonyl (C=O) groups excluding carboxylic acids is 1. The zero-order chi connectivity index (χ0) is 21.2. The van der Waals surface area contributed by atoms with Crippen LogP contribution in [0.15, 0.2) is 53.6 Å². The molecular weight excluding hydrogens is 390 g/mol. The number of hydrogen-bond donors (Lipinski definition) is 1. The summed E-state index contributed by atoms with van der Waals surface area (Å²) >= 11 is 0. The Hall–Kier alpha value is -2.87. The van der Waals surface area contributed by atoms with Crippen LogP contribution in [0.2, 0.25) is 0 Å². The van der Waals surface area contributed by atoms with E-state index in [1.807, 2.05) is 38.1 Å². The smallest absolute Gasteiger partial charge is 0.245 e. The first kappa shape index (κ1) is 20.9. The second-order valence-corrected chi connectivity index (χ2v) is 9.08. The Morgan fingerprint density at radius 3 is 2.28 bits per heavy atom. The third-order valence-electron chi connectivity index (χ3n) is 4.65. The predicted octanol–water partition coefficient (Wildman–Crippen LogP) is 3.40. The van der Waals surface area contributed by atoms with Gasteiger partial charge in [0.1, 0.15) is 5.75 Å². The van der Waals surface area contributed by atoms with Gasteiger partial charge < -0.3 is 4.74 Å². The lowest BCUT2D eigenvalue weighted by Gasteiger charge is -2.23. The van der Waals surface area contributed by atoms with Crippen molar-refractivity contribution < 1.29 is 17.9 Å². The van der Waals surface area contributed by atoms with E-state index in [2.05, 4.69) is 9.82 Å². The summed E-state index contributed by atoms with van der Waals surface area (Å²) in [6.45, 7) is 3.71. The first-order chi connectivity index (χ1) is 13.7. The number of carbonyl (C=O) groups is 1. The van der Waals surface area contributed by atoms with Crippen LogP contribution in [0.1, 0.15) is 37.4 Å². The number of hydrazone groups is 1. The quantitative estimate of drug-likeness (QED) is 0.783. The monoisotopic (exact) mass is 415 g/mol. The van der Waals surface area contributed by atoms with Gasteiger partial charge in [-0.1, -0.05) is 38.1 Å². The topological polar surface area (TPSA) is 88.1 Å². The average Bonchev–Trinajstić information content (AvgIpc) is 3.12. The number of nitrogens with one attached hydrogen (secondary N) is 1. The lowest BCUT2D eigenvalue weighted by molar-refractivity contribution is -0.136. The van der Waals surface area contributed by atoms with Crippen LogP contribution in [-0.4, -0.2) is 38.4 Å². The first-order valence-electron chi connectivity index (χ1n) is 9.30. The maximum atomic E-state index is 12.8. The lowest BCUT2D eigenvalue weighted by Crippen LogP contribution is -2.30. The number of amides is 1. The number of ether oxygens (including phenoxy) is 1. The number of rotatable bonds is 6. The van der Waals surface area contributed by atoms with E-state index in [1.54, 1.807) is 36.4 Å². The molecule has 2 aromatic rings. The van der Waals surface area contributed by atoms with Gasteiger partial charge in [0.2, 0.25) is 15.9 Å². The van der Waals surface area contributed by atoms with Gasteiger partial charge in [0.15, 0.2) is 0 Å². The van der Waals surface area contributed by atoms with Crippen molar-refractivity contribution >= 4 is 27.3 Å². The maximum Gasteiger partial charge on any atom is 0.245 e. The van der Waals surface area contributed by atoms with Crippen molar-refractivity contribution in [3.63, 3.8) is 0 Å². The van der Waals surface area contributed by atoms with Crippen molar-refractivity contribution in [2.45, 2.75) is 26.3 Å². The lowest BCUT2D eigenvalue weighted by atomic mass is 9.97. The van der Waals surface area contributed by atoms with Crippen molar-refractivity contribution in [3.8, 4) is 5.75 Å². The number of anilines is 1. The van der Waals surface area contributed by atoms with E-state index in [4.69, 9.17) is 4.74 Å². The van der Waals surface area contributed by atoms with Crippen molar-refractivity contribution in [2.75, 3.05) is 18.1 Å². The third kappa shape index (κ3) is 4.95. The summed E-state index contributed by atoms with van der Waals surface area (Å²) in [4.78, 5) is 12.8. The number of methoxy groups -OCH3 is 1. The van der Waals surface area contributed by atoms with Gasteiger partial charge in [-0.25, -0.2) is 13.4 Å². The van der Waals surface area contributed by atoms with Crippen LogP contribution in [0, 0.1) is 5.92 Å². The molecule has 0 spiro atoms. The zero-order valence-electron chi connectivity index (χ0n) is 16.9. The van der Waals surface area contributed by atoms with Crippen molar-refractivity contribution in [2.24, 2.45) is 11.0 Å². The molecule has 0 fully saturated rings. The van der Waals surface area contributed by atoms with Crippen LogP contribution in [0.4, 0.5) is 5.69 Å². The highest BCUT2D eigenvalue weighted by molar-refractivity contribution is 7.92. The molecule has 1 heterocycles. The molecule has 0 aliphatic carbocycles. The highest BCUT2D eigenvalue weighted by Crippen LogP contribution is 2.34. The van der Waals surface area contributed by atoms with E-state index in [1.165, 1.54) is 0 Å². The molecule has 0 aromatic heterocycles. The van der Waals surface area contributed by atoms with Crippen molar-refractivity contribution in [3.05, 3.63) is 59.7 Å². The van der Waals surface area contributed by atoms with Crippen LogP contribution in [-0.2, 0) is 14.8 Å². The molecule has 0 radical (unpaired) electrons. The van der Waals surface area contributed by atoms with Crippen LogP contribution in [0.5, 0.6) is 5.75 Å². The Morgan fingerprint density at radius 1 is 1.14 bits per heavy atom. The fourth-order valence-electron chi connectivity index (χ4n) is 3.18. The van der Waals surface area contributed by atoms with E-state index in [0.717, 1.165) is 28.8 Å². The fourth-order valence-corrected chi connectivity index (χ4v) is 3.75. The van der Waals surface area contributed by atoms with Crippen molar-refractivity contribution in [1.29, 1.82) is 0 Å². The molecule has 29 heavy (non-hydrogen) atoms. The van der Waals surface area contributed by atoms with Crippen LogP contribution in [0.25, 0.3) is 0 Å². The molecule has 1 amide bonds. The highest BCUT2D eigenvalue weighted by atomic mass is 32.2. The second kappa shape index (κ2) is 8.24. The minimum absolute atomic E-state index is 0.0452. The molecule has 1 N–H and O–H groups in total. The molecule has 0 saturated heterocycles. The van der Waals surface area contributed by atoms with Gasteiger partial charge in [0.25, 0.3) is 0 Å². The summed E-state index contributed by atoms with van der Waals surface area (Å²) in [6, 6.07) is 14.4. The zero-order valence-corrected chi connectivity index (χ0v) is 17.7. The maximum absolute atomic E-state index is 12.8. The van der Waals surface area contributed by atoms with Crippen LogP contribution >= 0.6 is 0 Å². The van der Waals surface area contributed by atoms with Gasteiger partial charge in [0.05, 0.1) is 25.1 Å². The van der Waals surface area contributed by atoms with E-state index < -0.39 is 10.0 Å². The van der Waals surface area contributed by atoms with E-state index in [-0.39, 0.29) is 17.9 Å². The largest absolute Gasteiger partial charge is 0.497 e. The summed E-state index contributed by atoms with van der Waals surface area (Å²) in [7, 11) is -1.72. The first-order valence-corrected chi connectivity index (χ1v) is 11.2. The predicted molar refractivity (Wildman–Crippen MR) is 113 cm³/mol. The molecule has 0 bridgehead atoms. The summed E-state index contributed by atoms with van der Waals surface area (Å²) in [6.07, 6.45) is 1.68. The molecule has 1 atom stereocenters. The molecule has 1 aliphatic rings. The summed E-state index contributed by atoms with van der Waals surface area (Å²) in [5.74, 6) is 0.528. The Morgan fingerprint density at radius 2 is 1.76 bits per heavy atom. The van der Waals surface area contributed by atoms with Crippen LogP contribution in [0.3, 0.4) is 0 Å². The summed E-state index contributed by atoms with van der Waals surface area (Å²) in [5, 5.41) is 6.17. The van der Waals surface area contributed by atoms with Gasteiger partial charge in [-0.05, 0) is 35.4 Å². The van der Waals surface area contributed by atoms with Gasteiger partial charge >= 0.3 is 0 Å². The molecule has 0 saturated carbocycles. The molecule has 3 rings (SSSR count). The Kier molecular flexibility index (Phi) is 5.93. The number of nitrogens with zero attached hydrogens (tertiary/aromatic N) is 2. The SMILES string of the molecule is COc1ccc(C2CC(c3ccc(NS(C)(=O)=O)cc3)=NN2C(=O)C(C)C)cc1. The van der Waals surface area contributed by atoms with Gasteiger partial charge in [-0.15, -0.1) is 0 Å². The van der Waals surface area contributed by atoms with Gasteiger partial charge in [0, 0.05) is 18.0 Å².